The Morgan fingerprint density at radius 3 is 2.42 bits per heavy atom. The van der Waals surface area contributed by atoms with Crippen LogP contribution >= 0.6 is 0 Å². The third-order valence-corrected chi connectivity index (χ3v) is 6.23. The van der Waals surface area contributed by atoms with Crippen LogP contribution < -0.4 is 10.2 Å². The fourth-order valence-electron chi connectivity index (χ4n) is 4.00. The Hall–Kier alpha value is -4.85. The van der Waals surface area contributed by atoms with E-state index in [4.69, 9.17) is 20.3 Å². The molecule has 206 valence electrons. The molecular weight excluding hydrogens is 508 g/mol. The highest BCUT2D eigenvalue weighted by Crippen LogP contribution is 2.29. The van der Waals surface area contributed by atoms with Crippen LogP contribution in [0.2, 0.25) is 0 Å². The zero-order valence-corrected chi connectivity index (χ0v) is 23.3. The molecule has 40 heavy (non-hydrogen) atoms. The number of ether oxygens (including phenoxy) is 1. The standard InChI is InChI=1S/C29H32N8O3/c1-29(2,3)26-25(32-21-11-13-22(14-12-21)36(4)18-6-17-30)28-33-27(35-37(28)34-26)19-7-9-20(10-8-19)31-23(38)15-16-24(39)40-5/h7-14H,6,15-16,18H2,1-5H3,(H,31,38). The maximum atomic E-state index is 12.1. The van der Waals surface area contributed by atoms with E-state index in [1.54, 1.807) is 12.1 Å². The number of aromatic nitrogens is 3. The van der Waals surface area contributed by atoms with Crippen LogP contribution in [-0.2, 0) is 14.3 Å². The van der Waals surface area contributed by atoms with Crippen molar-refractivity contribution in [3.63, 3.8) is 0 Å². The maximum Gasteiger partial charge on any atom is 0.306 e. The van der Waals surface area contributed by atoms with Crippen LogP contribution in [0.5, 0.6) is 0 Å². The van der Waals surface area contributed by atoms with Gasteiger partial charge in [0, 0.05) is 42.4 Å². The predicted octanol–water partition coefficient (Wildman–Crippen LogP) is 4.57. The van der Waals surface area contributed by atoms with Crippen molar-refractivity contribution in [1.82, 2.24) is 14.9 Å². The summed E-state index contributed by atoms with van der Waals surface area (Å²) < 4.78 is 4.57. The third kappa shape index (κ3) is 6.58. The molecule has 0 fully saturated rings. The van der Waals surface area contributed by atoms with Crippen molar-refractivity contribution >= 4 is 40.4 Å². The number of carbonyl (C=O) groups is 2. The van der Waals surface area contributed by atoms with E-state index in [-0.39, 0.29) is 24.2 Å². The van der Waals surface area contributed by atoms with Crippen LogP contribution in [-0.4, -0.2) is 58.9 Å². The van der Waals surface area contributed by atoms with Gasteiger partial charge in [-0.25, -0.2) is 9.98 Å². The highest BCUT2D eigenvalue weighted by Gasteiger charge is 2.34. The minimum atomic E-state index is -0.429. The Morgan fingerprint density at radius 1 is 1.10 bits per heavy atom. The molecule has 3 aromatic rings. The number of esters is 1. The first kappa shape index (κ1) is 28.2. The minimum absolute atomic E-state index is 0.0229. The molecule has 1 aliphatic rings. The lowest BCUT2D eigenvalue weighted by atomic mass is 9.87. The third-order valence-electron chi connectivity index (χ3n) is 6.23. The normalized spacial score (nSPS) is 13.4. The second-order valence-corrected chi connectivity index (χ2v) is 10.4. The number of nitrogens with zero attached hydrogens (tertiary/aromatic N) is 7. The number of rotatable bonds is 9. The van der Waals surface area contributed by atoms with E-state index in [9.17, 15) is 9.59 Å². The molecule has 1 amide bonds. The molecule has 11 nitrogen and oxygen atoms in total. The molecule has 1 N–H and O–H groups in total. The highest BCUT2D eigenvalue weighted by atomic mass is 16.5. The SMILES string of the molecule is COC(=O)CCC(=O)Nc1ccc(-c2nc3n(n2)N=C(C(C)(C)C)C3=Nc2ccc(N(C)CCC#N)cc2)cc1. The Bertz CT molecular complexity index is 1490. The van der Waals surface area contributed by atoms with E-state index >= 15 is 0 Å². The lowest BCUT2D eigenvalue weighted by molar-refractivity contribution is -0.141. The number of nitrogens with one attached hydrogen (secondary N) is 1. The van der Waals surface area contributed by atoms with Crippen LogP contribution in [0.4, 0.5) is 17.1 Å². The quantitative estimate of drug-likeness (QED) is 0.392. The van der Waals surface area contributed by atoms with Crippen molar-refractivity contribution < 1.29 is 14.3 Å². The van der Waals surface area contributed by atoms with E-state index in [0.717, 1.165) is 22.6 Å². The van der Waals surface area contributed by atoms with Crippen molar-refractivity contribution in [3.05, 3.63) is 54.4 Å². The van der Waals surface area contributed by atoms with Crippen molar-refractivity contribution in [2.75, 3.05) is 30.9 Å². The summed E-state index contributed by atoms with van der Waals surface area (Å²) in [6, 6.07) is 17.1. The molecule has 1 aromatic heterocycles. The number of anilines is 2. The first-order valence-corrected chi connectivity index (χ1v) is 12.9. The Kier molecular flexibility index (Phi) is 8.38. The fourth-order valence-corrected chi connectivity index (χ4v) is 4.00. The number of hydrogen-bond donors (Lipinski definition) is 1. The first-order valence-electron chi connectivity index (χ1n) is 12.9. The van der Waals surface area contributed by atoms with Crippen LogP contribution in [0.3, 0.4) is 0 Å². The lowest BCUT2D eigenvalue weighted by Gasteiger charge is -2.19. The number of benzene rings is 2. The molecular formula is C29H32N8O3. The number of carbonyl (C=O) groups excluding carboxylic acids is 2. The Balaban J connectivity index is 1.55. The Morgan fingerprint density at radius 2 is 1.80 bits per heavy atom. The van der Waals surface area contributed by atoms with Crippen LogP contribution in [0.25, 0.3) is 11.4 Å². The minimum Gasteiger partial charge on any atom is -0.469 e. The summed E-state index contributed by atoms with van der Waals surface area (Å²) in [5, 5.41) is 20.9. The number of hydrogen-bond acceptors (Lipinski definition) is 9. The average molecular weight is 541 g/mol. The summed E-state index contributed by atoms with van der Waals surface area (Å²) >= 11 is 0. The molecule has 0 unspecified atom stereocenters. The van der Waals surface area contributed by atoms with Gasteiger partial charge in [-0.3, -0.25) is 9.59 Å². The number of aliphatic imine (C=N–C) groups is 1. The van der Waals surface area contributed by atoms with Crippen molar-refractivity contribution in [1.29, 1.82) is 5.26 Å². The largest absolute Gasteiger partial charge is 0.469 e. The first-order chi connectivity index (χ1) is 19.1. The van der Waals surface area contributed by atoms with Gasteiger partial charge < -0.3 is 15.0 Å². The zero-order valence-electron chi connectivity index (χ0n) is 23.3. The smallest absolute Gasteiger partial charge is 0.306 e. The van der Waals surface area contributed by atoms with Crippen LogP contribution in [0.1, 0.15) is 45.9 Å². The van der Waals surface area contributed by atoms with Gasteiger partial charge in [0.15, 0.2) is 5.82 Å². The van der Waals surface area contributed by atoms with Gasteiger partial charge in [0.05, 0.1) is 37.4 Å². The van der Waals surface area contributed by atoms with Crippen LogP contribution in [0, 0.1) is 16.7 Å². The summed E-state index contributed by atoms with van der Waals surface area (Å²) in [4.78, 5) is 36.6. The maximum absolute atomic E-state index is 12.1. The highest BCUT2D eigenvalue weighted by molar-refractivity contribution is 6.50. The number of amides is 1. The molecule has 0 saturated heterocycles. The predicted molar refractivity (Wildman–Crippen MR) is 154 cm³/mol. The van der Waals surface area contributed by atoms with Gasteiger partial charge in [-0.1, -0.05) is 20.8 Å². The van der Waals surface area contributed by atoms with E-state index in [1.807, 2.05) is 48.3 Å². The number of fused-ring (bicyclic) bond motifs is 1. The molecule has 0 saturated carbocycles. The van der Waals surface area contributed by atoms with Gasteiger partial charge >= 0.3 is 5.97 Å². The van der Waals surface area contributed by atoms with E-state index in [0.29, 0.717) is 36.0 Å². The monoisotopic (exact) mass is 540 g/mol. The molecule has 2 heterocycles. The molecule has 0 spiro atoms. The van der Waals surface area contributed by atoms with Gasteiger partial charge in [-0.15, -0.1) is 9.89 Å². The molecule has 4 rings (SSSR count). The molecule has 0 bridgehead atoms. The topological polar surface area (TPSA) is 138 Å². The molecule has 1 aliphatic heterocycles. The van der Waals surface area contributed by atoms with Gasteiger partial charge in [-0.2, -0.15) is 10.4 Å². The number of nitriles is 1. The average Bonchev–Trinajstić information content (AvgIpc) is 3.50. The number of methoxy groups -OCH3 is 1. The molecule has 0 atom stereocenters. The van der Waals surface area contributed by atoms with Crippen molar-refractivity contribution in [2.45, 2.75) is 40.0 Å². The molecule has 0 radical (unpaired) electrons. The summed E-state index contributed by atoms with van der Waals surface area (Å²) in [7, 11) is 3.25. The van der Waals surface area contributed by atoms with E-state index in [2.05, 4.69) is 42.0 Å². The lowest BCUT2D eigenvalue weighted by Crippen LogP contribution is -2.27. The molecule has 2 aromatic carbocycles. The van der Waals surface area contributed by atoms with E-state index < -0.39 is 5.97 Å². The molecule has 11 heteroatoms. The van der Waals surface area contributed by atoms with Crippen molar-refractivity contribution in [3.8, 4) is 17.5 Å². The van der Waals surface area contributed by atoms with Gasteiger partial charge in [0.25, 0.3) is 0 Å². The van der Waals surface area contributed by atoms with E-state index in [1.165, 1.54) is 11.9 Å². The van der Waals surface area contributed by atoms with Crippen LogP contribution in [0.15, 0.2) is 58.6 Å². The Labute approximate surface area is 233 Å². The summed E-state index contributed by atoms with van der Waals surface area (Å²) in [6.07, 6.45) is 0.522. The second-order valence-electron chi connectivity index (χ2n) is 10.4. The van der Waals surface area contributed by atoms with Gasteiger partial charge in [0.2, 0.25) is 11.7 Å². The summed E-state index contributed by atoms with van der Waals surface area (Å²) in [5.74, 6) is 0.331. The van der Waals surface area contributed by atoms with Gasteiger partial charge in [-0.05, 0) is 48.5 Å². The molecule has 0 aliphatic carbocycles. The fraction of sp³-hybridized carbons (Fsp3) is 0.345. The van der Waals surface area contributed by atoms with Gasteiger partial charge in [0.1, 0.15) is 5.71 Å². The summed E-state index contributed by atoms with van der Waals surface area (Å²) in [6.45, 7) is 6.86. The zero-order chi connectivity index (χ0) is 28.9. The second kappa shape index (κ2) is 11.9. The summed E-state index contributed by atoms with van der Waals surface area (Å²) in [5.41, 5.74) is 4.28. The van der Waals surface area contributed by atoms with Crippen molar-refractivity contribution in [2.24, 2.45) is 15.5 Å².